The summed E-state index contributed by atoms with van der Waals surface area (Å²) in [5.74, 6) is 1.34. The van der Waals surface area contributed by atoms with Gasteiger partial charge in [0, 0.05) is 35.5 Å². The summed E-state index contributed by atoms with van der Waals surface area (Å²) >= 11 is 0. The molecule has 10 heteroatoms. The first kappa shape index (κ1) is 21.0. The molecule has 0 bridgehead atoms. The second-order valence-electron chi connectivity index (χ2n) is 8.40. The molecular weight excluding hydrogens is 444 g/mol. The van der Waals surface area contributed by atoms with Crippen LogP contribution in [0.15, 0.2) is 66.0 Å². The number of rotatable bonds is 7. The second kappa shape index (κ2) is 8.65. The number of nitrogens with one attached hydrogen (secondary N) is 2. The molecule has 35 heavy (non-hydrogen) atoms. The number of likely N-dealkylation sites (N-methyl/N-ethyl adjacent to an activating group) is 1. The van der Waals surface area contributed by atoms with Gasteiger partial charge in [-0.05, 0) is 38.4 Å². The lowest BCUT2D eigenvalue weighted by molar-refractivity contribution is 0.261. The van der Waals surface area contributed by atoms with Crippen LogP contribution in [0.1, 0.15) is 0 Å². The summed E-state index contributed by atoms with van der Waals surface area (Å²) in [6.07, 6.45) is 10.3. The summed E-state index contributed by atoms with van der Waals surface area (Å²) in [6, 6.07) is 7.69. The fourth-order valence-corrected chi connectivity index (χ4v) is 3.90. The van der Waals surface area contributed by atoms with Gasteiger partial charge in [-0.3, -0.25) is 20.1 Å². The summed E-state index contributed by atoms with van der Waals surface area (Å²) in [7, 11) is 4.02. The average molecular weight is 467 g/mol. The number of hydrogen-bond donors (Lipinski definition) is 2. The number of aromatic amines is 2. The summed E-state index contributed by atoms with van der Waals surface area (Å²) < 4.78 is 11.1. The summed E-state index contributed by atoms with van der Waals surface area (Å²) in [5.41, 5.74) is 6.36. The molecule has 0 aliphatic rings. The fraction of sp³-hybridized carbons (Fsp3) is 0.160. The quantitative estimate of drug-likeness (QED) is 0.360. The monoisotopic (exact) mass is 466 g/mol. The van der Waals surface area contributed by atoms with Crippen LogP contribution in [-0.4, -0.2) is 67.3 Å². The van der Waals surface area contributed by atoms with Crippen molar-refractivity contribution in [1.29, 1.82) is 0 Å². The Hall–Kier alpha value is -4.57. The number of nitrogens with zero attached hydrogens (tertiary/aromatic N) is 6. The van der Waals surface area contributed by atoms with E-state index in [1.807, 2.05) is 38.4 Å². The van der Waals surface area contributed by atoms with Crippen LogP contribution >= 0.6 is 0 Å². The molecule has 0 spiro atoms. The van der Waals surface area contributed by atoms with E-state index in [0.717, 1.165) is 51.0 Å². The highest BCUT2D eigenvalue weighted by Gasteiger charge is 2.17. The van der Waals surface area contributed by atoms with Crippen LogP contribution in [0.2, 0.25) is 0 Å². The third-order valence-corrected chi connectivity index (χ3v) is 5.68. The van der Waals surface area contributed by atoms with E-state index in [1.54, 1.807) is 37.3 Å². The van der Waals surface area contributed by atoms with E-state index in [9.17, 15) is 0 Å². The molecule has 0 aliphatic carbocycles. The Morgan fingerprint density at radius 2 is 1.94 bits per heavy atom. The van der Waals surface area contributed by atoms with Gasteiger partial charge in [0.1, 0.15) is 29.3 Å². The van der Waals surface area contributed by atoms with Crippen LogP contribution in [0.4, 0.5) is 0 Å². The molecule has 0 aromatic carbocycles. The molecule has 0 atom stereocenters. The number of imidazole rings is 1. The zero-order valence-corrected chi connectivity index (χ0v) is 19.2. The Morgan fingerprint density at radius 3 is 2.80 bits per heavy atom. The van der Waals surface area contributed by atoms with Crippen molar-refractivity contribution in [3.05, 3.63) is 61.6 Å². The first-order valence-corrected chi connectivity index (χ1v) is 11.1. The van der Waals surface area contributed by atoms with E-state index in [1.165, 1.54) is 0 Å². The molecule has 6 rings (SSSR count). The minimum atomic E-state index is 0.582. The van der Waals surface area contributed by atoms with Crippen LogP contribution in [0.25, 0.3) is 56.0 Å². The number of fused-ring (bicyclic) bond motifs is 2. The molecule has 6 aromatic rings. The highest BCUT2D eigenvalue weighted by atomic mass is 16.5. The van der Waals surface area contributed by atoms with Crippen molar-refractivity contribution in [3.63, 3.8) is 0 Å². The van der Waals surface area contributed by atoms with Crippen molar-refractivity contribution < 1.29 is 9.15 Å². The predicted molar refractivity (Wildman–Crippen MR) is 132 cm³/mol. The van der Waals surface area contributed by atoms with Gasteiger partial charge in [0.05, 0.1) is 41.6 Å². The number of hydrogen-bond acceptors (Lipinski definition) is 8. The maximum atomic E-state index is 5.84. The average Bonchev–Trinajstić information content (AvgIpc) is 3.62. The highest BCUT2D eigenvalue weighted by Crippen LogP contribution is 2.32. The molecule has 0 saturated carbocycles. The van der Waals surface area contributed by atoms with Crippen molar-refractivity contribution >= 4 is 21.9 Å². The Balaban J connectivity index is 1.38. The maximum absolute atomic E-state index is 5.84. The summed E-state index contributed by atoms with van der Waals surface area (Å²) in [6.45, 7) is 1.40. The number of ether oxygens (including phenoxy) is 1. The lowest BCUT2D eigenvalue weighted by Gasteiger charge is -2.11. The summed E-state index contributed by atoms with van der Waals surface area (Å²) in [5, 5.41) is 8.47. The fourth-order valence-electron chi connectivity index (χ4n) is 3.90. The van der Waals surface area contributed by atoms with Gasteiger partial charge in [0.25, 0.3) is 0 Å². The Bertz CT molecular complexity index is 1620. The summed E-state index contributed by atoms with van der Waals surface area (Å²) in [4.78, 5) is 23.7. The number of pyridine rings is 3. The lowest BCUT2D eigenvalue weighted by Crippen LogP contribution is -2.19. The Labute approximate surface area is 200 Å². The van der Waals surface area contributed by atoms with Crippen LogP contribution in [0, 0.1) is 0 Å². The van der Waals surface area contributed by atoms with Gasteiger partial charge in [0.2, 0.25) is 0 Å². The molecule has 0 fully saturated rings. The zero-order valence-electron chi connectivity index (χ0n) is 19.2. The SMILES string of the molecule is CN(C)CCOc1cncc(-c2cc3c(-c4nc5c(-c6ccoc6)nccc5[nH]4)n[nH]c3cn2)c1. The molecule has 174 valence electrons. The van der Waals surface area contributed by atoms with Crippen molar-refractivity contribution in [2.24, 2.45) is 0 Å². The van der Waals surface area contributed by atoms with Gasteiger partial charge in [-0.1, -0.05) is 0 Å². The molecule has 0 unspecified atom stereocenters. The molecule has 0 radical (unpaired) electrons. The molecule has 6 heterocycles. The van der Waals surface area contributed by atoms with E-state index >= 15 is 0 Å². The maximum Gasteiger partial charge on any atom is 0.159 e. The van der Waals surface area contributed by atoms with Crippen molar-refractivity contribution in [2.45, 2.75) is 0 Å². The molecule has 6 aromatic heterocycles. The van der Waals surface area contributed by atoms with Crippen LogP contribution in [-0.2, 0) is 0 Å². The first-order chi connectivity index (χ1) is 17.2. The number of aromatic nitrogens is 7. The molecular formula is C25H22N8O2. The molecule has 10 nitrogen and oxygen atoms in total. The minimum Gasteiger partial charge on any atom is -0.491 e. The Morgan fingerprint density at radius 1 is 1.00 bits per heavy atom. The third kappa shape index (κ3) is 4.00. The first-order valence-electron chi connectivity index (χ1n) is 11.1. The van der Waals surface area contributed by atoms with Gasteiger partial charge >= 0.3 is 0 Å². The van der Waals surface area contributed by atoms with Gasteiger partial charge in [-0.25, -0.2) is 4.98 Å². The van der Waals surface area contributed by atoms with Crippen molar-refractivity contribution in [2.75, 3.05) is 27.2 Å². The van der Waals surface area contributed by atoms with Gasteiger partial charge < -0.3 is 19.0 Å². The topological polar surface area (TPSA) is 122 Å². The van der Waals surface area contributed by atoms with Gasteiger partial charge in [0.15, 0.2) is 5.82 Å². The van der Waals surface area contributed by atoms with Crippen LogP contribution in [0.5, 0.6) is 5.75 Å². The van der Waals surface area contributed by atoms with Crippen LogP contribution in [0.3, 0.4) is 0 Å². The van der Waals surface area contributed by atoms with Crippen molar-refractivity contribution in [3.8, 4) is 39.8 Å². The number of H-pyrrole nitrogens is 2. The molecule has 0 saturated heterocycles. The van der Waals surface area contributed by atoms with E-state index in [0.29, 0.717) is 23.9 Å². The third-order valence-electron chi connectivity index (χ3n) is 5.68. The van der Waals surface area contributed by atoms with E-state index in [-0.39, 0.29) is 0 Å². The second-order valence-corrected chi connectivity index (χ2v) is 8.40. The minimum absolute atomic E-state index is 0.582. The van der Waals surface area contributed by atoms with E-state index < -0.39 is 0 Å². The molecule has 0 amide bonds. The molecule has 2 N–H and O–H groups in total. The van der Waals surface area contributed by atoms with E-state index in [4.69, 9.17) is 14.1 Å². The molecule has 0 aliphatic heterocycles. The normalized spacial score (nSPS) is 11.6. The smallest absolute Gasteiger partial charge is 0.159 e. The zero-order chi connectivity index (χ0) is 23.8. The number of furan rings is 1. The largest absolute Gasteiger partial charge is 0.491 e. The van der Waals surface area contributed by atoms with Gasteiger partial charge in [-0.15, -0.1) is 0 Å². The van der Waals surface area contributed by atoms with Gasteiger partial charge in [-0.2, -0.15) is 5.10 Å². The predicted octanol–water partition coefficient (Wildman–Crippen LogP) is 4.16. The lowest BCUT2D eigenvalue weighted by atomic mass is 10.1. The van der Waals surface area contributed by atoms with Crippen LogP contribution < -0.4 is 4.74 Å². The highest BCUT2D eigenvalue weighted by molar-refractivity contribution is 5.96. The van der Waals surface area contributed by atoms with Crippen molar-refractivity contribution in [1.82, 2.24) is 40.0 Å². The Kier molecular flexibility index (Phi) is 5.19. The van der Waals surface area contributed by atoms with E-state index in [2.05, 4.69) is 35.0 Å². The standard InChI is InChI=1S/C25H22N8O2/c1-33(2)6-8-35-17-9-16(11-26-12-17)20-10-18-21(13-28-20)31-32-23(18)25-29-19-3-5-27-22(24(19)30-25)15-4-7-34-14-15/h3-5,7,9-14H,6,8H2,1-2H3,(H,29,30)(H,31,32).